The van der Waals surface area contributed by atoms with Gasteiger partial charge in [0.05, 0.1) is 6.61 Å². The van der Waals surface area contributed by atoms with Crippen LogP contribution < -0.4 is 0 Å². The van der Waals surface area contributed by atoms with E-state index in [-0.39, 0.29) is 25.2 Å². The molecule has 0 rings (SSSR count). The van der Waals surface area contributed by atoms with Crippen molar-refractivity contribution >= 4 is 11.9 Å². The van der Waals surface area contributed by atoms with Crippen molar-refractivity contribution in [3.05, 3.63) is 48.6 Å². The number of hydrogen-bond donors (Lipinski definition) is 1. The molecular formula is C43H76O5. The summed E-state index contributed by atoms with van der Waals surface area (Å²) >= 11 is 0. The van der Waals surface area contributed by atoms with Gasteiger partial charge < -0.3 is 14.6 Å². The number of esters is 2. The maximum absolute atomic E-state index is 12.2. The summed E-state index contributed by atoms with van der Waals surface area (Å²) in [6.07, 6.45) is 48.9. The summed E-state index contributed by atoms with van der Waals surface area (Å²) in [4.78, 5) is 24.2. The number of allylic oxidation sites excluding steroid dienone is 8. The molecule has 0 bridgehead atoms. The predicted molar refractivity (Wildman–Crippen MR) is 205 cm³/mol. The van der Waals surface area contributed by atoms with Gasteiger partial charge in [0.2, 0.25) is 0 Å². The highest BCUT2D eigenvalue weighted by Crippen LogP contribution is 2.13. The Kier molecular flexibility index (Phi) is 37.5. The van der Waals surface area contributed by atoms with Crippen molar-refractivity contribution in [2.45, 2.75) is 200 Å². The van der Waals surface area contributed by atoms with Crippen LogP contribution in [0.25, 0.3) is 0 Å². The third-order valence-corrected chi connectivity index (χ3v) is 8.58. The van der Waals surface area contributed by atoms with Gasteiger partial charge in [0.25, 0.3) is 0 Å². The quantitative estimate of drug-likeness (QED) is 0.0407. The van der Waals surface area contributed by atoms with Crippen molar-refractivity contribution in [1.29, 1.82) is 0 Å². The number of aliphatic hydroxyl groups is 1. The van der Waals surface area contributed by atoms with Crippen molar-refractivity contribution in [3.8, 4) is 0 Å². The first-order valence-corrected chi connectivity index (χ1v) is 20.2. The van der Waals surface area contributed by atoms with E-state index in [0.717, 1.165) is 64.2 Å². The molecule has 1 unspecified atom stereocenters. The second-order valence-corrected chi connectivity index (χ2v) is 13.4. The Balaban J connectivity index is 3.56. The molecule has 0 spiro atoms. The lowest BCUT2D eigenvalue weighted by Gasteiger charge is -2.15. The number of aliphatic hydroxyl groups excluding tert-OH is 1. The van der Waals surface area contributed by atoms with E-state index in [9.17, 15) is 14.7 Å². The van der Waals surface area contributed by atoms with Crippen molar-refractivity contribution in [1.82, 2.24) is 0 Å². The van der Waals surface area contributed by atoms with E-state index in [4.69, 9.17) is 9.47 Å². The van der Waals surface area contributed by atoms with Gasteiger partial charge in [0.15, 0.2) is 6.10 Å². The molecule has 5 heteroatoms. The minimum absolute atomic E-state index is 0.0754. The van der Waals surface area contributed by atoms with Crippen LogP contribution in [0.5, 0.6) is 0 Å². The summed E-state index contributed by atoms with van der Waals surface area (Å²) in [5.41, 5.74) is 0. The molecule has 0 aliphatic carbocycles. The highest BCUT2D eigenvalue weighted by molar-refractivity contribution is 5.70. The summed E-state index contributed by atoms with van der Waals surface area (Å²) in [7, 11) is 0. The molecule has 278 valence electrons. The zero-order valence-electron chi connectivity index (χ0n) is 31.5. The zero-order valence-corrected chi connectivity index (χ0v) is 31.5. The first kappa shape index (κ1) is 45.9. The van der Waals surface area contributed by atoms with Crippen LogP contribution in [0.1, 0.15) is 194 Å². The average molecular weight is 673 g/mol. The van der Waals surface area contributed by atoms with E-state index in [0.29, 0.717) is 12.8 Å². The molecule has 0 saturated heterocycles. The molecule has 0 aromatic heterocycles. The lowest BCUT2D eigenvalue weighted by atomic mass is 10.1. The van der Waals surface area contributed by atoms with Crippen LogP contribution >= 0.6 is 0 Å². The van der Waals surface area contributed by atoms with Gasteiger partial charge in [-0.15, -0.1) is 0 Å². The van der Waals surface area contributed by atoms with E-state index < -0.39 is 6.10 Å². The standard InChI is InChI=1S/C43H76O5/c1-3-5-7-9-11-13-15-17-18-19-20-21-22-23-24-26-28-30-32-34-36-38-43(46)48-41(39-44)40-47-42(45)37-35-33-31-29-27-25-16-14-12-10-8-6-4-2/h8,10,14-17,19-20,41,44H,3-7,9,11-13,18,21-40H2,1-2H3/b10-8-,16-14-,17-15-,20-19-. The van der Waals surface area contributed by atoms with Crippen molar-refractivity contribution < 1.29 is 24.2 Å². The van der Waals surface area contributed by atoms with Crippen LogP contribution in [-0.2, 0) is 19.1 Å². The molecule has 1 N–H and O–H groups in total. The maximum Gasteiger partial charge on any atom is 0.306 e. The van der Waals surface area contributed by atoms with Gasteiger partial charge >= 0.3 is 11.9 Å². The van der Waals surface area contributed by atoms with Crippen LogP contribution in [-0.4, -0.2) is 36.4 Å². The monoisotopic (exact) mass is 673 g/mol. The highest BCUT2D eigenvalue weighted by Gasteiger charge is 2.16. The van der Waals surface area contributed by atoms with E-state index in [1.807, 2.05) is 0 Å². The number of carbonyl (C=O) groups excluding carboxylic acids is 2. The van der Waals surface area contributed by atoms with Crippen molar-refractivity contribution in [3.63, 3.8) is 0 Å². The smallest absolute Gasteiger partial charge is 0.306 e. The van der Waals surface area contributed by atoms with E-state index >= 15 is 0 Å². The second-order valence-electron chi connectivity index (χ2n) is 13.4. The molecule has 0 fully saturated rings. The Morgan fingerprint density at radius 2 is 0.875 bits per heavy atom. The van der Waals surface area contributed by atoms with E-state index in [1.165, 1.54) is 103 Å². The summed E-state index contributed by atoms with van der Waals surface area (Å²) in [5.74, 6) is -0.613. The number of ether oxygens (including phenoxy) is 2. The molecule has 0 saturated carbocycles. The molecule has 0 radical (unpaired) electrons. The lowest BCUT2D eigenvalue weighted by Crippen LogP contribution is -2.28. The van der Waals surface area contributed by atoms with E-state index in [1.54, 1.807) is 0 Å². The first-order valence-electron chi connectivity index (χ1n) is 20.2. The Labute approximate surface area is 297 Å². The van der Waals surface area contributed by atoms with Gasteiger partial charge in [-0.25, -0.2) is 0 Å². The molecule has 0 amide bonds. The third kappa shape index (κ3) is 36.7. The fraction of sp³-hybridized carbons (Fsp3) is 0.767. The van der Waals surface area contributed by atoms with Crippen LogP contribution in [0.3, 0.4) is 0 Å². The minimum atomic E-state index is -0.779. The molecule has 0 aliphatic rings. The third-order valence-electron chi connectivity index (χ3n) is 8.58. The average Bonchev–Trinajstić information content (AvgIpc) is 3.09. The fourth-order valence-electron chi connectivity index (χ4n) is 5.50. The van der Waals surface area contributed by atoms with Gasteiger partial charge in [-0.2, -0.15) is 0 Å². The Bertz CT molecular complexity index is 812. The van der Waals surface area contributed by atoms with Gasteiger partial charge in [-0.1, -0.05) is 159 Å². The van der Waals surface area contributed by atoms with Gasteiger partial charge in [-0.05, 0) is 70.6 Å². The number of unbranched alkanes of at least 4 members (excludes halogenated alkanes) is 20. The minimum Gasteiger partial charge on any atom is -0.462 e. The summed E-state index contributed by atoms with van der Waals surface area (Å²) in [6.45, 7) is 4.04. The van der Waals surface area contributed by atoms with E-state index in [2.05, 4.69) is 62.5 Å². The predicted octanol–water partition coefficient (Wildman–Crippen LogP) is 12.6. The Morgan fingerprint density at radius 3 is 1.31 bits per heavy atom. The highest BCUT2D eigenvalue weighted by atomic mass is 16.6. The number of rotatable bonds is 36. The molecular weight excluding hydrogens is 596 g/mol. The van der Waals surface area contributed by atoms with Crippen LogP contribution in [0.2, 0.25) is 0 Å². The Hall–Kier alpha value is -2.14. The SMILES string of the molecule is CCC/C=C\C/C=C\CCCCCCCC(=O)OCC(CO)OC(=O)CCCCCCCCCCC/C=C\C/C=C\CCCCCCC. The molecule has 0 aliphatic heterocycles. The van der Waals surface area contributed by atoms with Crippen LogP contribution in [0.4, 0.5) is 0 Å². The molecule has 48 heavy (non-hydrogen) atoms. The van der Waals surface area contributed by atoms with Gasteiger partial charge in [-0.3, -0.25) is 9.59 Å². The van der Waals surface area contributed by atoms with Gasteiger partial charge in [0.1, 0.15) is 6.61 Å². The largest absolute Gasteiger partial charge is 0.462 e. The normalized spacial score (nSPS) is 12.6. The summed E-state index contributed by atoms with van der Waals surface area (Å²) in [5, 5.41) is 9.55. The van der Waals surface area contributed by atoms with Gasteiger partial charge in [0, 0.05) is 12.8 Å². The van der Waals surface area contributed by atoms with Crippen LogP contribution in [0.15, 0.2) is 48.6 Å². The molecule has 0 heterocycles. The molecule has 0 aromatic carbocycles. The second kappa shape index (κ2) is 39.3. The summed E-state index contributed by atoms with van der Waals surface area (Å²) in [6, 6.07) is 0. The van der Waals surface area contributed by atoms with Crippen LogP contribution in [0, 0.1) is 0 Å². The zero-order chi connectivity index (χ0) is 35.0. The summed E-state index contributed by atoms with van der Waals surface area (Å²) < 4.78 is 10.6. The number of hydrogen-bond acceptors (Lipinski definition) is 5. The number of carbonyl (C=O) groups is 2. The molecule has 5 nitrogen and oxygen atoms in total. The maximum atomic E-state index is 12.2. The molecule has 1 atom stereocenters. The molecule has 0 aromatic rings. The van der Waals surface area contributed by atoms with Crippen molar-refractivity contribution in [2.75, 3.05) is 13.2 Å². The topological polar surface area (TPSA) is 72.8 Å². The lowest BCUT2D eigenvalue weighted by molar-refractivity contribution is -0.161. The van der Waals surface area contributed by atoms with Crippen molar-refractivity contribution in [2.24, 2.45) is 0 Å². The first-order chi connectivity index (χ1) is 23.6. The Morgan fingerprint density at radius 1 is 0.479 bits per heavy atom. The fourth-order valence-corrected chi connectivity index (χ4v) is 5.50.